The SMILES string of the molecule is CCOc1ccc(-c2ccc(C3=NC(C)(C)CO3)c(C3=NC(C)(C)CO3)c2)cc1.S=S.[CH3-].[CH3-].[Pd+2]. The number of rotatable bonds is 5. The van der Waals surface area contributed by atoms with Crippen molar-refractivity contribution >= 4 is 34.2 Å². The van der Waals surface area contributed by atoms with Crippen LogP contribution in [0.15, 0.2) is 52.4 Å². The van der Waals surface area contributed by atoms with E-state index in [1.165, 1.54) is 0 Å². The molecule has 2 aromatic rings. The van der Waals surface area contributed by atoms with Crippen molar-refractivity contribution in [1.82, 2.24) is 0 Å². The van der Waals surface area contributed by atoms with E-state index in [-0.39, 0.29) is 46.4 Å². The van der Waals surface area contributed by atoms with E-state index in [9.17, 15) is 0 Å². The van der Waals surface area contributed by atoms with Gasteiger partial charge < -0.3 is 29.1 Å². The molecule has 0 bridgehead atoms. The number of nitrogens with zero attached hydrogens (tertiary/aromatic N) is 2. The van der Waals surface area contributed by atoms with Crippen molar-refractivity contribution in [2.75, 3.05) is 19.8 Å². The predicted molar refractivity (Wildman–Crippen MR) is 144 cm³/mol. The van der Waals surface area contributed by atoms with E-state index in [4.69, 9.17) is 24.2 Å². The first-order chi connectivity index (χ1) is 14.8. The van der Waals surface area contributed by atoms with Gasteiger partial charge in [0.15, 0.2) is 0 Å². The number of aliphatic imine (C=N–C) groups is 2. The van der Waals surface area contributed by atoms with Crippen LogP contribution in [0, 0.1) is 14.9 Å². The Bertz CT molecular complexity index is 1010. The fourth-order valence-electron chi connectivity index (χ4n) is 3.44. The van der Waals surface area contributed by atoms with E-state index >= 15 is 0 Å². The number of hydrogen-bond donors (Lipinski definition) is 0. The topological polar surface area (TPSA) is 52.4 Å². The molecule has 5 nitrogen and oxygen atoms in total. The molecule has 0 N–H and O–H groups in total. The molecule has 34 heavy (non-hydrogen) atoms. The van der Waals surface area contributed by atoms with Crippen LogP contribution in [0.1, 0.15) is 45.7 Å². The molecule has 0 amide bonds. The van der Waals surface area contributed by atoms with Gasteiger partial charge in [-0.05, 0) is 70.0 Å². The Balaban J connectivity index is 0.00000212. The standard InChI is InChI=1S/C24H28N2O3.2CH3.Pd.S2/c1-6-27-18-10-7-16(8-11-18)17-9-12-19(21-25-23(2,3)14-28-21)20(13-17)22-26-24(4,5)15-29-22;;;;1-2/h7-13H,6,14-15H2,1-5H3;2*1H3;;/q;2*-1;+2;. The van der Waals surface area contributed by atoms with Crippen LogP contribution in [0.5, 0.6) is 5.75 Å². The molecular weight excluding hydrogens is 559 g/mol. The summed E-state index contributed by atoms with van der Waals surface area (Å²) < 4.78 is 17.4. The van der Waals surface area contributed by atoms with Gasteiger partial charge in [-0.15, -0.1) is 0 Å². The average Bonchev–Trinajstić information content (AvgIpc) is 3.31. The summed E-state index contributed by atoms with van der Waals surface area (Å²) >= 11 is 7.33. The summed E-state index contributed by atoms with van der Waals surface area (Å²) in [5.41, 5.74) is 3.56. The zero-order valence-electron chi connectivity index (χ0n) is 20.9. The fourth-order valence-corrected chi connectivity index (χ4v) is 3.44. The van der Waals surface area contributed by atoms with Gasteiger partial charge in [-0.2, -0.15) is 0 Å². The van der Waals surface area contributed by atoms with Gasteiger partial charge in [0, 0.05) is 33.5 Å². The molecular formula is C26H34N2O3PdS2. The van der Waals surface area contributed by atoms with E-state index < -0.39 is 0 Å². The molecule has 8 heteroatoms. The van der Waals surface area contributed by atoms with Gasteiger partial charge in [0.1, 0.15) is 19.0 Å². The Hall–Kier alpha value is -1.72. The maximum absolute atomic E-state index is 5.97. The van der Waals surface area contributed by atoms with Crippen LogP contribution in [0.3, 0.4) is 0 Å². The summed E-state index contributed by atoms with van der Waals surface area (Å²) in [4.78, 5) is 9.56. The van der Waals surface area contributed by atoms with Gasteiger partial charge in [-0.3, -0.25) is 0 Å². The van der Waals surface area contributed by atoms with Gasteiger partial charge in [0.25, 0.3) is 0 Å². The van der Waals surface area contributed by atoms with Gasteiger partial charge in [-0.25, -0.2) is 9.98 Å². The number of benzene rings is 2. The van der Waals surface area contributed by atoms with Crippen molar-refractivity contribution in [3.05, 3.63) is 68.4 Å². The molecule has 2 aliphatic rings. The molecule has 0 saturated heterocycles. The van der Waals surface area contributed by atoms with Gasteiger partial charge in [0.2, 0.25) is 11.8 Å². The Labute approximate surface area is 228 Å². The quantitative estimate of drug-likeness (QED) is 0.327. The second-order valence-electron chi connectivity index (χ2n) is 8.75. The van der Waals surface area contributed by atoms with Crippen LogP contribution >= 0.6 is 0 Å². The first-order valence-electron chi connectivity index (χ1n) is 10.3. The summed E-state index contributed by atoms with van der Waals surface area (Å²) in [6.45, 7) is 12.1. The minimum absolute atomic E-state index is 0. The van der Waals surface area contributed by atoms with Crippen molar-refractivity contribution in [1.29, 1.82) is 0 Å². The van der Waals surface area contributed by atoms with E-state index in [0.717, 1.165) is 28.0 Å². The smallest absolute Gasteiger partial charge is 0.494 e. The van der Waals surface area contributed by atoms with Crippen LogP contribution in [0.4, 0.5) is 0 Å². The van der Waals surface area contributed by atoms with Crippen molar-refractivity contribution in [2.45, 2.75) is 45.7 Å². The van der Waals surface area contributed by atoms with Crippen molar-refractivity contribution in [2.24, 2.45) is 9.98 Å². The summed E-state index contributed by atoms with van der Waals surface area (Å²) in [6.07, 6.45) is 0. The van der Waals surface area contributed by atoms with Crippen molar-refractivity contribution < 1.29 is 34.6 Å². The van der Waals surface area contributed by atoms with Crippen LogP contribution < -0.4 is 4.74 Å². The van der Waals surface area contributed by atoms with E-state index in [1.807, 2.05) is 19.1 Å². The molecule has 2 aliphatic heterocycles. The van der Waals surface area contributed by atoms with Crippen LogP contribution in [-0.2, 0) is 52.3 Å². The summed E-state index contributed by atoms with van der Waals surface area (Å²) in [7, 11) is 0. The first-order valence-corrected chi connectivity index (χ1v) is 11.6. The molecule has 0 spiro atoms. The third kappa shape index (κ3) is 7.64. The molecule has 0 aromatic heterocycles. The Morgan fingerprint density at radius 1 is 0.794 bits per heavy atom. The van der Waals surface area contributed by atoms with Crippen LogP contribution in [0.2, 0.25) is 0 Å². The summed E-state index contributed by atoms with van der Waals surface area (Å²) in [6, 6.07) is 14.4. The molecule has 0 aliphatic carbocycles. The fraction of sp³-hybridized carbons (Fsp3) is 0.385. The first kappa shape index (κ1) is 32.3. The van der Waals surface area contributed by atoms with E-state index in [0.29, 0.717) is 31.6 Å². The third-order valence-electron chi connectivity index (χ3n) is 4.91. The second kappa shape index (κ2) is 13.4. The molecule has 2 aromatic carbocycles. The predicted octanol–water partition coefficient (Wildman–Crippen LogP) is 5.76. The second-order valence-corrected chi connectivity index (χ2v) is 8.75. The van der Waals surface area contributed by atoms with Crippen LogP contribution in [-0.4, -0.2) is 42.7 Å². The molecule has 4 rings (SSSR count). The molecule has 0 atom stereocenters. The minimum Gasteiger partial charge on any atom is -0.494 e. The van der Waals surface area contributed by atoms with Crippen molar-refractivity contribution in [3.8, 4) is 16.9 Å². The Kier molecular flexibility index (Phi) is 12.7. The molecule has 0 unspecified atom stereocenters. The average molecular weight is 593 g/mol. The summed E-state index contributed by atoms with van der Waals surface area (Å²) in [5, 5.41) is 0. The molecule has 0 radical (unpaired) electrons. The Morgan fingerprint density at radius 2 is 1.26 bits per heavy atom. The molecule has 0 saturated carbocycles. The zero-order valence-corrected chi connectivity index (χ0v) is 24.1. The largest absolute Gasteiger partial charge is 2.00 e. The monoisotopic (exact) mass is 592 g/mol. The molecule has 2 heterocycles. The number of hydrogen-bond acceptors (Lipinski definition) is 7. The zero-order chi connectivity index (χ0) is 22.6. The molecule has 188 valence electrons. The van der Waals surface area contributed by atoms with Gasteiger partial charge in [0.05, 0.1) is 17.7 Å². The van der Waals surface area contributed by atoms with Gasteiger partial charge >= 0.3 is 20.4 Å². The van der Waals surface area contributed by atoms with E-state index in [1.54, 1.807) is 0 Å². The van der Waals surface area contributed by atoms with Crippen molar-refractivity contribution in [3.63, 3.8) is 0 Å². The van der Waals surface area contributed by atoms with Gasteiger partial charge in [-0.1, -0.05) is 18.2 Å². The minimum atomic E-state index is -0.237. The Morgan fingerprint density at radius 3 is 1.71 bits per heavy atom. The third-order valence-corrected chi connectivity index (χ3v) is 4.91. The normalized spacial score (nSPS) is 16.5. The van der Waals surface area contributed by atoms with Crippen LogP contribution in [0.25, 0.3) is 11.1 Å². The number of ether oxygens (including phenoxy) is 3. The molecule has 0 fully saturated rings. The van der Waals surface area contributed by atoms with E-state index in [2.05, 4.69) is 80.4 Å². The summed E-state index contributed by atoms with van der Waals surface area (Å²) in [5.74, 6) is 2.17. The maximum atomic E-state index is 5.97. The maximum Gasteiger partial charge on any atom is 2.00 e.